The van der Waals surface area contributed by atoms with E-state index in [9.17, 15) is 4.79 Å². The van der Waals surface area contributed by atoms with Gasteiger partial charge in [-0.3, -0.25) is 0 Å². The molecule has 0 fully saturated rings. The standard InChI is InChI=1S/C34H36N2O2Si/c1-7-19-35(20-8-2)25-15-17-29-31(23-25)39(5,6)32-24-26(36(21-9-3)22-10-4)16-18-30(32)34(29)28-14-12-11-13-27(28)33(37)38-34/h7-18,23-24H,1-4,19-22H2,5-6H3. The SMILES string of the molecule is C=CCN(CC=C)c1ccc2c(c1)[Si](C)(C)c1cc(N(CC=C)CC=C)ccc1C21OC(=O)c2ccccc21. The number of esters is 1. The summed E-state index contributed by atoms with van der Waals surface area (Å²) >= 11 is 0. The molecule has 5 heteroatoms. The first-order chi connectivity index (χ1) is 18.8. The minimum Gasteiger partial charge on any atom is -0.441 e. The maximum atomic E-state index is 13.3. The van der Waals surface area contributed by atoms with Crippen molar-refractivity contribution < 1.29 is 9.53 Å². The van der Waals surface area contributed by atoms with Gasteiger partial charge in [-0.1, -0.05) is 67.7 Å². The van der Waals surface area contributed by atoms with Gasteiger partial charge in [0.2, 0.25) is 0 Å². The number of ether oxygens (including phenoxy) is 1. The van der Waals surface area contributed by atoms with Crippen LogP contribution in [0.3, 0.4) is 0 Å². The zero-order valence-corrected chi connectivity index (χ0v) is 24.0. The van der Waals surface area contributed by atoms with E-state index in [-0.39, 0.29) is 5.97 Å². The van der Waals surface area contributed by atoms with Crippen LogP contribution >= 0.6 is 0 Å². The molecule has 0 bridgehead atoms. The Morgan fingerprint density at radius 3 is 1.64 bits per heavy atom. The van der Waals surface area contributed by atoms with E-state index in [0.717, 1.165) is 28.1 Å². The number of carbonyl (C=O) groups excluding carboxylic acids is 1. The first-order valence-corrected chi connectivity index (χ1v) is 16.4. The van der Waals surface area contributed by atoms with Crippen LogP contribution in [0.25, 0.3) is 0 Å². The topological polar surface area (TPSA) is 32.8 Å². The zero-order valence-electron chi connectivity index (χ0n) is 23.0. The van der Waals surface area contributed by atoms with Gasteiger partial charge in [0, 0.05) is 54.2 Å². The number of hydrogen-bond donors (Lipinski definition) is 0. The molecule has 4 nitrogen and oxygen atoms in total. The van der Waals surface area contributed by atoms with Gasteiger partial charge >= 0.3 is 5.97 Å². The minimum atomic E-state index is -2.26. The lowest BCUT2D eigenvalue weighted by atomic mass is 9.79. The lowest BCUT2D eigenvalue weighted by molar-refractivity contribution is 0.0255. The van der Waals surface area contributed by atoms with Gasteiger partial charge < -0.3 is 14.5 Å². The molecule has 0 saturated carbocycles. The van der Waals surface area contributed by atoms with Crippen LogP contribution in [0.1, 0.15) is 27.0 Å². The molecular weight excluding hydrogens is 496 g/mol. The van der Waals surface area contributed by atoms with Gasteiger partial charge in [-0.15, -0.1) is 26.3 Å². The second kappa shape index (κ2) is 10.2. The summed E-state index contributed by atoms with van der Waals surface area (Å²) in [5.41, 5.74) is 4.90. The molecule has 0 amide bonds. The average Bonchev–Trinajstić information content (AvgIpc) is 3.24. The number of carbonyl (C=O) groups is 1. The number of rotatable bonds is 10. The normalized spacial score (nSPS) is 15.4. The zero-order chi connectivity index (χ0) is 27.8. The van der Waals surface area contributed by atoms with E-state index in [1.165, 1.54) is 10.4 Å². The molecule has 2 aliphatic heterocycles. The van der Waals surface area contributed by atoms with Crippen molar-refractivity contribution in [3.05, 3.63) is 134 Å². The highest BCUT2D eigenvalue weighted by atomic mass is 28.3. The Labute approximate surface area is 233 Å². The molecule has 0 atom stereocenters. The number of nitrogens with zero attached hydrogens (tertiary/aromatic N) is 2. The minimum absolute atomic E-state index is 0.281. The molecular formula is C34H36N2O2Si. The second-order valence-corrected chi connectivity index (χ2v) is 15.0. The van der Waals surface area contributed by atoms with Crippen molar-refractivity contribution in [2.24, 2.45) is 0 Å². The van der Waals surface area contributed by atoms with Gasteiger partial charge in [0.1, 0.15) is 8.07 Å². The van der Waals surface area contributed by atoms with Crippen LogP contribution in [-0.4, -0.2) is 40.2 Å². The summed E-state index contributed by atoms with van der Waals surface area (Å²) in [5.74, 6) is -0.281. The summed E-state index contributed by atoms with van der Waals surface area (Å²) in [6, 6.07) is 21.1. The fourth-order valence-electron chi connectivity index (χ4n) is 6.21. The molecule has 5 rings (SSSR count). The number of benzene rings is 3. The molecule has 0 saturated heterocycles. The first kappa shape index (κ1) is 26.5. The smallest absolute Gasteiger partial charge is 0.340 e. The number of hydrogen-bond acceptors (Lipinski definition) is 4. The number of fused-ring (bicyclic) bond motifs is 6. The molecule has 39 heavy (non-hydrogen) atoms. The van der Waals surface area contributed by atoms with Gasteiger partial charge in [-0.25, -0.2) is 4.79 Å². The lowest BCUT2D eigenvalue weighted by Gasteiger charge is -2.44. The lowest BCUT2D eigenvalue weighted by Crippen LogP contribution is -2.63. The molecule has 0 N–H and O–H groups in total. The van der Waals surface area contributed by atoms with Crippen molar-refractivity contribution in [1.29, 1.82) is 0 Å². The molecule has 0 radical (unpaired) electrons. The maximum Gasteiger partial charge on any atom is 0.340 e. The molecule has 198 valence electrons. The third kappa shape index (κ3) is 4.09. The van der Waals surface area contributed by atoms with Crippen LogP contribution in [0, 0.1) is 0 Å². The van der Waals surface area contributed by atoms with E-state index < -0.39 is 13.7 Å². The summed E-state index contributed by atoms with van der Waals surface area (Å²) < 4.78 is 6.49. The Kier molecular flexibility index (Phi) is 6.95. The van der Waals surface area contributed by atoms with Crippen molar-refractivity contribution in [3.8, 4) is 0 Å². The van der Waals surface area contributed by atoms with Crippen molar-refractivity contribution >= 4 is 35.8 Å². The highest BCUT2D eigenvalue weighted by Gasteiger charge is 2.56. The summed E-state index contributed by atoms with van der Waals surface area (Å²) in [7, 11) is -2.26. The van der Waals surface area contributed by atoms with E-state index >= 15 is 0 Å². The predicted octanol–water partition coefficient (Wildman–Crippen LogP) is 5.64. The van der Waals surface area contributed by atoms with Crippen LogP contribution in [0.2, 0.25) is 13.1 Å². The molecule has 2 aliphatic rings. The average molecular weight is 533 g/mol. The molecule has 1 spiro atoms. The quantitative estimate of drug-likeness (QED) is 0.192. The Hall–Kier alpha value is -4.09. The van der Waals surface area contributed by atoms with Crippen molar-refractivity contribution in [2.45, 2.75) is 18.7 Å². The van der Waals surface area contributed by atoms with Crippen LogP contribution in [0.4, 0.5) is 11.4 Å². The van der Waals surface area contributed by atoms with Gasteiger partial charge in [0.05, 0.1) is 5.56 Å². The van der Waals surface area contributed by atoms with Crippen LogP contribution in [0.5, 0.6) is 0 Å². The van der Waals surface area contributed by atoms with Gasteiger partial charge in [-0.05, 0) is 40.7 Å². The van der Waals surface area contributed by atoms with Crippen molar-refractivity contribution in [3.63, 3.8) is 0 Å². The van der Waals surface area contributed by atoms with E-state index in [4.69, 9.17) is 4.74 Å². The highest BCUT2D eigenvalue weighted by molar-refractivity contribution is 7.01. The summed E-state index contributed by atoms with van der Waals surface area (Å²) in [6.45, 7) is 23.5. The summed E-state index contributed by atoms with van der Waals surface area (Å²) in [4.78, 5) is 17.9. The Morgan fingerprint density at radius 1 is 0.718 bits per heavy atom. The molecule has 2 heterocycles. The van der Waals surface area contributed by atoms with Crippen molar-refractivity contribution in [1.82, 2.24) is 0 Å². The third-order valence-electron chi connectivity index (χ3n) is 8.01. The van der Waals surface area contributed by atoms with Crippen LogP contribution < -0.4 is 20.2 Å². The molecule has 3 aromatic carbocycles. The van der Waals surface area contributed by atoms with Crippen LogP contribution in [0.15, 0.2) is 111 Å². The molecule has 0 aliphatic carbocycles. The molecule has 0 unspecified atom stereocenters. The number of anilines is 2. The highest BCUT2D eigenvalue weighted by Crippen LogP contribution is 2.49. The maximum absolute atomic E-state index is 13.3. The van der Waals surface area contributed by atoms with E-state index in [2.05, 4.69) is 85.6 Å². The first-order valence-electron chi connectivity index (χ1n) is 13.4. The fourth-order valence-corrected chi connectivity index (χ4v) is 9.38. The van der Waals surface area contributed by atoms with Gasteiger partial charge in [0.25, 0.3) is 0 Å². The Morgan fingerprint density at radius 2 is 1.18 bits per heavy atom. The molecule has 3 aromatic rings. The van der Waals surface area contributed by atoms with E-state index in [1.807, 2.05) is 48.6 Å². The Balaban J connectivity index is 1.81. The monoisotopic (exact) mass is 532 g/mol. The summed E-state index contributed by atoms with van der Waals surface area (Å²) in [6.07, 6.45) is 7.66. The molecule has 0 aromatic heterocycles. The summed E-state index contributed by atoms with van der Waals surface area (Å²) in [5, 5.41) is 2.54. The third-order valence-corrected chi connectivity index (χ3v) is 11.5. The van der Waals surface area contributed by atoms with Crippen LogP contribution in [-0.2, 0) is 10.3 Å². The Bertz CT molecular complexity index is 1390. The fraction of sp³-hybridized carbons (Fsp3) is 0.206. The van der Waals surface area contributed by atoms with Gasteiger partial charge in [0.15, 0.2) is 5.60 Å². The largest absolute Gasteiger partial charge is 0.441 e. The van der Waals surface area contributed by atoms with Crippen molar-refractivity contribution in [2.75, 3.05) is 36.0 Å². The van der Waals surface area contributed by atoms with Gasteiger partial charge in [-0.2, -0.15) is 0 Å². The second-order valence-electron chi connectivity index (χ2n) is 10.7. The van der Waals surface area contributed by atoms with E-state index in [0.29, 0.717) is 31.7 Å². The predicted molar refractivity (Wildman–Crippen MR) is 167 cm³/mol. The van der Waals surface area contributed by atoms with E-state index in [1.54, 1.807) is 0 Å².